The lowest BCUT2D eigenvalue weighted by Crippen LogP contribution is -2.16. The highest BCUT2D eigenvalue weighted by Gasteiger charge is 2.23. The maximum absolute atomic E-state index is 12.6. The first-order chi connectivity index (χ1) is 12.0. The van der Waals surface area contributed by atoms with Crippen molar-refractivity contribution in [2.24, 2.45) is 0 Å². The summed E-state index contributed by atoms with van der Waals surface area (Å²) in [7, 11) is 2.93. The molecule has 0 spiro atoms. The Balaban J connectivity index is 1.95. The molecule has 8 nitrogen and oxygen atoms in total. The molecule has 0 radical (unpaired) electrons. The van der Waals surface area contributed by atoms with Crippen LogP contribution >= 0.6 is 0 Å². The van der Waals surface area contributed by atoms with Crippen LogP contribution in [0.25, 0.3) is 0 Å². The van der Waals surface area contributed by atoms with E-state index in [2.05, 4.69) is 5.32 Å². The third-order valence-corrected chi connectivity index (χ3v) is 3.64. The fraction of sp³-hybridized carbons (Fsp3) is 0.176. The van der Waals surface area contributed by atoms with Crippen LogP contribution < -0.4 is 24.3 Å². The van der Waals surface area contributed by atoms with Crippen molar-refractivity contribution in [3.63, 3.8) is 0 Å². The second-order valence-electron chi connectivity index (χ2n) is 5.08. The van der Waals surface area contributed by atoms with Gasteiger partial charge in [0.1, 0.15) is 11.5 Å². The van der Waals surface area contributed by atoms with Crippen molar-refractivity contribution in [2.75, 3.05) is 26.3 Å². The first kappa shape index (κ1) is 16.4. The molecular weight excluding hydrogens is 330 g/mol. The van der Waals surface area contributed by atoms with Crippen LogP contribution in [0, 0.1) is 0 Å². The quantitative estimate of drug-likeness (QED) is 0.857. The van der Waals surface area contributed by atoms with Crippen LogP contribution in [-0.2, 0) is 0 Å². The fourth-order valence-corrected chi connectivity index (χ4v) is 2.40. The zero-order valence-corrected chi connectivity index (χ0v) is 13.5. The third-order valence-electron chi connectivity index (χ3n) is 3.64. The van der Waals surface area contributed by atoms with Crippen LogP contribution in [0.3, 0.4) is 0 Å². The SMILES string of the molecule is COc1ccc(C(=O)Nc2cc3c(cc2C(=O)O)OCO3)c(OC)c1. The summed E-state index contributed by atoms with van der Waals surface area (Å²) in [4.78, 5) is 24.0. The van der Waals surface area contributed by atoms with E-state index in [1.54, 1.807) is 12.1 Å². The van der Waals surface area contributed by atoms with Gasteiger partial charge >= 0.3 is 5.97 Å². The number of hydrogen-bond donors (Lipinski definition) is 2. The molecule has 0 saturated carbocycles. The lowest BCUT2D eigenvalue weighted by Gasteiger charge is -2.13. The number of anilines is 1. The van der Waals surface area contributed by atoms with Crippen LogP contribution in [0.5, 0.6) is 23.0 Å². The molecule has 1 amide bonds. The van der Waals surface area contributed by atoms with E-state index in [1.165, 1.54) is 32.4 Å². The Bertz CT molecular complexity index is 847. The topological polar surface area (TPSA) is 103 Å². The largest absolute Gasteiger partial charge is 0.497 e. The summed E-state index contributed by atoms with van der Waals surface area (Å²) >= 11 is 0. The molecule has 2 aromatic carbocycles. The Labute approximate surface area is 142 Å². The van der Waals surface area contributed by atoms with E-state index in [9.17, 15) is 14.7 Å². The van der Waals surface area contributed by atoms with Crippen molar-refractivity contribution in [3.05, 3.63) is 41.5 Å². The van der Waals surface area contributed by atoms with E-state index >= 15 is 0 Å². The zero-order chi connectivity index (χ0) is 18.0. The van der Waals surface area contributed by atoms with Gasteiger partial charge in [0.2, 0.25) is 6.79 Å². The maximum atomic E-state index is 12.6. The van der Waals surface area contributed by atoms with Crippen molar-refractivity contribution in [3.8, 4) is 23.0 Å². The van der Waals surface area contributed by atoms with Gasteiger partial charge < -0.3 is 29.4 Å². The molecule has 0 atom stereocenters. The number of benzene rings is 2. The predicted molar refractivity (Wildman–Crippen MR) is 87.0 cm³/mol. The summed E-state index contributed by atoms with van der Waals surface area (Å²) in [6.45, 7) is -0.00189. The maximum Gasteiger partial charge on any atom is 0.337 e. The van der Waals surface area contributed by atoms with Crippen LogP contribution in [-0.4, -0.2) is 38.0 Å². The molecule has 8 heteroatoms. The Morgan fingerprint density at radius 2 is 1.76 bits per heavy atom. The number of carbonyl (C=O) groups is 2. The summed E-state index contributed by atoms with van der Waals surface area (Å²) in [5.74, 6) is -0.215. The lowest BCUT2D eigenvalue weighted by atomic mass is 10.1. The Morgan fingerprint density at radius 1 is 1.04 bits per heavy atom. The Kier molecular flexibility index (Phi) is 4.34. The highest BCUT2D eigenvalue weighted by atomic mass is 16.7. The normalized spacial score (nSPS) is 11.8. The molecule has 1 heterocycles. The minimum Gasteiger partial charge on any atom is -0.497 e. The van der Waals surface area contributed by atoms with Crippen molar-refractivity contribution < 1.29 is 33.6 Å². The number of fused-ring (bicyclic) bond motifs is 1. The zero-order valence-electron chi connectivity index (χ0n) is 13.5. The molecule has 0 saturated heterocycles. The van der Waals surface area contributed by atoms with Crippen molar-refractivity contribution in [1.29, 1.82) is 0 Å². The van der Waals surface area contributed by atoms with E-state index in [1.807, 2.05) is 0 Å². The van der Waals surface area contributed by atoms with Gasteiger partial charge in [-0.1, -0.05) is 0 Å². The molecule has 25 heavy (non-hydrogen) atoms. The number of carbonyl (C=O) groups excluding carboxylic acids is 1. The third kappa shape index (κ3) is 3.14. The van der Waals surface area contributed by atoms with Gasteiger partial charge in [-0.15, -0.1) is 0 Å². The summed E-state index contributed by atoms with van der Waals surface area (Å²) in [5.41, 5.74) is 0.224. The van der Waals surface area contributed by atoms with Gasteiger partial charge in [-0.2, -0.15) is 0 Å². The summed E-state index contributed by atoms with van der Waals surface area (Å²) < 4.78 is 20.7. The van der Waals surface area contributed by atoms with Crippen LogP contribution in [0.2, 0.25) is 0 Å². The fourth-order valence-electron chi connectivity index (χ4n) is 2.40. The minimum absolute atomic E-state index is 0.00189. The van der Waals surface area contributed by atoms with E-state index in [4.69, 9.17) is 18.9 Å². The number of carboxylic acid groups (broad SMARTS) is 1. The highest BCUT2D eigenvalue weighted by molar-refractivity contribution is 6.09. The molecule has 0 aromatic heterocycles. The Morgan fingerprint density at radius 3 is 2.40 bits per heavy atom. The standard InChI is InChI=1S/C17H15NO7/c1-22-9-3-4-10(13(5-9)23-2)16(19)18-12-7-15-14(24-8-25-15)6-11(12)17(20)21/h3-7H,8H2,1-2H3,(H,18,19)(H,20,21). The molecule has 130 valence electrons. The average molecular weight is 345 g/mol. The first-order valence-electron chi connectivity index (χ1n) is 7.23. The van der Waals surface area contributed by atoms with Gasteiger partial charge in [0.05, 0.1) is 31.0 Å². The van der Waals surface area contributed by atoms with Gasteiger partial charge in [-0.25, -0.2) is 4.79 Å². The number of carboxylic acids is 1. The molecule has 0 unspecified atom stereocenters. The Hall–Kier alpha value is -3.42. The van der Waals surface area contributed by atoms with Crippen molar-refractivity contribution >= 4 is 17.6 Å². The predicted octanol–water partition coefficient (Wildman–Crippen LogP) is 2.38. The second-order valence-corrected chi connectivity index (χ2v) is 5.08. The van der Waals surface area contributed by atoms with E-state index < -0.39 is 11.9 Å². The monoisotopic (exact) mass is 345 g/mol. The van der Waals surface area contributed by atoms with Crippen LogP contribution in [0.15, 0.2) is 30.3 Å². The minimum atomic E-state index is -1.20. The number of nitrogens with one attached hydrogen (secondary N) is 1. The van der Waals surface area contributed by atoms with Crippen molar-refractivity contribution in [2.45, 2.75) is 0 Å². The lowest BCUT2D eigenvalue weighted by molar-refractivity contribution is 0.0697. The molecule has 0 bridgehead atoms. The van der Waals surface area contributed by atoms with Gasteiger partial charge in [0.15, 0.2) is 11.5 Å². The first-order valence-corrected chi connectivity index (χ1v) is 7.23. The summed E-state index contributed by atoms with van der Waals surface area (Å²) in [5, 5.41) is 11.9. The van der Waals surface area contributed by atoms with E-state index in [0.717, 1.165) is 0 Å². The van der Waals surface area contributed by atoms with Gasteiger partial charge in [-0.3, -0.25) is 4.79 Å². The van der Waals surface area contributed by atoms with E-state index in [-0.39, 0.29) is 23.6 Å². The number of methoxy groups -OCH3 is 2. The highest BCUT2D eigenvalue weighted by Crippen LogP contribution is 2.37. The van der Waals surface area contributed by atoms with Crippen LogP contribution in [0.1, 0.15) is 20.7 Å². The molecule has 0 aliphatic carbocycles. The smallest absolute Gasteiger partial charge is 0.337 e. The number of ether oxygens (including phenoxy) is 4. The number of amides is 1. The molecule has 2 N–H and O–H groups in total. The molecule has 2 aromatic rings. The number of aromatic carboxylic acids is 1. The average Bonchev–Trinajstić information content (AvgIpc) is 3.07. The molecule has 1 aliphatic heterocycles. The molecular formula is C17H15NO7. The van der Waals surface area contributed by atoms with Gasteiger partial charge in [-0.05, 0) is 12.1 Å². The van der Waals surface area contributed by atoms with Crippen molar-refractivity contribution in [1.82, 2.24) is 0 Å². The number of hydrogen-bond acceptors (Lipinski definition) is 6. The van der Waals surface area contributed by atoms with Gasteiger partial charge in [0, 0.05) is 18.2 Å². The molecule has 3 rings (SSSR count). The van der Waals surface area contributed by atoms with Gasteiger partial charge in [0.25, 0.3) is 5.91 Å². The summed E-state index contributed by atoms with van der Waals surface area (Å²) in [6.07, 6.45) is 0. The van der Waals surface area contributed by atoms with E-state index in [0.29, 0.717) is 23.0 Å². The molecule has 1 aliphatic rings. The second kappa shape index (κ2) is 6.60. The molecule has 0 fully saturated rings. The number of rotatable bonds is 5. The summed E-state index contributed by atoms with van der Waals surface area (Å²) in [6, 6.07) is 7.42. The van der Waals surface area contributed by atoms with Crippen LogP contribution in [0.4, 0.5) is 5.69 Å².